The highest BCUT2D eigenvalue weighted by molar-refractivity contribution is 7.18. The number of nitrogens with one attached hydrogen (secondary N) is 1. The molecule has 0 radical (unpaired) electrons. The fourth-order valence-corrected chi connectivity index (χ4v) is 5.23. The molecule has 0 aliphatic carbocycles. The van der Waals surface area contributed by atoms with Crippen molar-refractivity contribution in [2.75, 3.05) is 44.7 Å². The normalized spacial score (nSPS) is 20.3. The summed E-state index contributed by atoms with van der Waals surface area (Å²) in [5, 5.41) is 5.02. The van der Waals surface area contributed by atoms with Gasteiger partial charge in [-0.05, 0) is 46.1 Å². The molecule has 0 aromatic carbocycles. The molecule has 0 amide bonds. The van der Waals surface area contributed by atoms with Crippen molar-refractivity contribution in [2.24, 2.45) is 0 Å². The molecule has 2 fully saturated rings. The Morgan fingerprint density at radius 1 is 1.11 bits per heavy atom. The first-order valence-electron chi connectivity index (χ1n) is 10.6. The van der Waals surface area contributed by atoms with E-state index in [0.717, 1.165) is 62.4 Å². The van der Waals surface area contributed by atoms with E-state index in [1.807, 2.05) is 0 Å². The molecule has 1 N–H and O–H groups in total. The van der Waals surface area contributed by atoms with E-state index in [1.54, 1.807) is 11.3 Å². The lowest BCUT2D eigenvalue weighted by Crippen LogP contribution is -2.42. The molecule has 0 bridgehead atoms. The molecule has 0 atom stereocenters. The minimum absolute atomic E-state index is 0.490. The summed E-state index contributed by atoms with van der Waals surface area (Å²) in [5.41, 5.74) is 1.32. The SMILES string of the molecule is Cc1sc2nc(CN3CCOCC3)nc(NC3CCN(C(C)C)CC3)c2c1C. The topological polar surface area (TPSA) is 53.5 Å². The molecule has 0 unspecified atom stereocenters. The van der Waals surface area contributed by atoms with Crippen molar-refractivity contribution in [2.45, 2.75) is 59.2 Å². The van der Waals surface area contributed by atoms with Crippen LogP contribution in [0.4, 0.5) is 5.82 Å². The number of nitrogens with zero attached hydrogens (tertiary/aromatic N) is 4. The molecule has 0 saturated carbocycles. The molecule has 2 aliphatic rings. The molecule has 7 heteroatoms. The largest absolute Gasteiger partial charge is 0.379 e. The number of piperidine rings is 1. The van der Waals surface area contributed by atoms with Gasteiger partial charge in [-0.25, -0.2) is 9.97 Å². The van der Waals surface area contributed by atoms with Crippen LogP contribution < -0.4 is 5.32 Å². The van der Waals surface area contributed by atoms with E-state index < -0.39 is 0 Å². The third-order valence-electron chi connectivity index (χ3n) is 6.14. The molecular weight excluding hydrogens is 370 g/mol. The average molecular weight is 404 g/mol. The van der Waals surface area contributed by atoms with Crippen molar-refractivity contribution in [3.05, 3.63) is 16.3 Å². The van der Waals surface area contributed by atoms with Gasteiger partial charge in [-0.2, -0.15) is 0 Å². The zero-order valence-corrected chi connectivity index (χ0v) is 18.4. The van der Waals surface area contributed by atoms with Gasteiger partial charge < -0.3 is 15.0 Å². The molecule has 2 aliphatic heterocycles. The van der Waals surface area contributed by atoms with E-state index >= 15 is 0 Å². The number of anilines is 1. The van der Waals surface area contributed by atoms with Gasteiger partial charge in [0.25, 0.3) is 0 Å². The Morgan fingerprint density at radius 3 is 2.50 bits per heavy atom. The number of likely N-dealkylation sites (tertiary alicyclic amines) is 1. The van der Waals surface area contributed by atoms with Gasteiger partial charge in [0.05, 0.1) is 25.1 Å². The predicted molar refractivity (Wildman–Crippen MR) is 116 cm³/mol. The van der Waals surface area contributed by atoms with Gasteiger partial charge in [0.1, 0.15) is 16.5 Å². The number of thiophene rings is 1. The molecule has 4 rings (SSSR count). The van der Waals surface area contributed by atoms with Crippen LogP contribution in [0.3, 0.4) is 0 Å². The maximum Gasteiger partial charge on any atom is 0.146 e. The van der Waals surface area contributed by atoms with Gasteiger partial charge in [-0.3, -0.25) is 4.90 Å². The molecular formula is C21H33N5OS. The van der Waals surface area contributed by atoms with Crippen molar-refractivity contribution in [3.8, 4) is 0 Å². The summed E-state index contributed by atoms with van der Waals surface area (Å²) in [7, 11) is 0. The van der Waals surface area contributed by atoms with Crippen molar-refractivity contribution >= 4 is 27.4 Å². The lowest BCUT2D eigenvalue weighted by atomic mass is 10.0. The highest BCUT2D eigenvalue weighted by atomic mass is 32.1. The second kappa shape index (κ2) is 8.61. The number of hydrogen-bond donors (Lipinski definition) is 1. The summed E-state index contributed by atoms with van der Waals surface area (Å²) in [6.07, 6.45) is 2.34. The van der Waals surface area contributed by atoms with E-state index in [9.17, 15) is 0 Å². The summed E-state index contributed by atoms with van der Waals surface area (Å²) >= 11 is 1.79. The number of hydrogen-bond acceptors (Lipinski definition) is 7. The van der Waals surface area contributed by atoms with Crippen molar-refractivity contribution in [3.63, 3.8) is 0 Å². The Labute approximate surface area is 172 Å². The summed E-state index contributed by atoms with van der Waals surface area (Å²) in [6.45, 7) is 15.6. The van der Waals surface area contributed by atoms with Crippen molar-refractivity contribution in [1.29, 1.82) is 0 Å². The molecule has 0 spiro atoms. The van der Waals surface area contributed by atoms with Crippen LogP contribution >= 0.6 is 11.3 Å². The van der Waals surface area contributed by atoms with Crippen LogP contribution in [-0.2, 0) is 11.3 Å². The number of aromatic nitrogens is 2. The molecule has 2 aromatic rings. The quantitative estimate of drug-likeness (QED) is 0.826. The number of aryl methyl sites for hydroxylation is 2. The predicted octanol–water partition coefficient (Wildman–Crippen LogP) is 3.43. The molecule has 4 heterocycles. The first-order valence-corrected chi connectivity index (χ1v) is 11.4. The Balaban J connectivity index is 1.56. The van der Waals surface area contributed by atoms with Gasteiger partial charge in [0.15, 0.2) is 0 Å². The van der Waals surface area contributed by atoms with E-state index in [4.69, 9.17) is 14.7 Å². The van der Waals surface area contributed by atoms with Crippen LogP contribution in [0.15, 0.2) is 0 Å². The molecule has 154 valence electrons. The highest BCUT2D eigenvalue weighted by Gasteiger charge is 2.23. The summed E-state index contributed by atoms with van der Waals surface area (Å²) < 4.78 is 5.48. The van der Waals surface area contributed by atoms with Crippen LogP contribution in [0.25, 0.3) is 10.2 Å². The fraction of sp³-hybridized carbons (Fsp3) is 0.714. The Kier molecular flexibility index (Phi) is 6.16. The van der Waals surface area contributed by atoms with Gasteiger partial charge >= 0.3 is 0 Å². The third-order valence-corrected chi connectivity index (χ3v) is 7.25. The monoisotopic (exact) mass is 403 g/mol. The van der Waals surface area contributed by atoms with Crippen LogP contribution in [-0.4, -0.2) is 71.2 Å². The minimum Gasteiger partial charge on any atom is -0.379 e. The highest BCUT2D eigenvalue weighted by Crippen LogP contribution is 2.34. The third kappa shape index (κ3) is 4.32. The van der Waals surface area contributed by atoms with E-state index in [1.165, 1.54) is 28.7 Å². The molecule has 28 heavy (non-hydrogen) atoms. The van der Waals surface area contributed by atoms with E-state index in [-0.39, 0.29) is 0 Å². The van der Waals surface area contributed by atoms with Gasteiger partial charge in [-0.15, -0.1) is 11.3 Å². The van der Waals surface area contributed by atoms with Crippen molar-refractivity contribution < 1.29 is 4.74 Å². The molecule has 2 aromatic heterocycles. The smallest absolute Gasteiger partial charge is 0.146 e. The van der Waals surface area contributed by atoms with Crippen LogP contribution in [0.1, 0.15) is 43.0 Å². The molecule has 2 saturated heterocycles. The maximum absolute atomic E-state index is 5.48. The Morgan fingerprint density at radius 2 is 1.82 bits per heavy atom. The first-order chi connectivity index (χ1) is 13.5. The standard InChI is InChI=1S/C21H33N5OS/c1-14(2)26-7-5-17(6-8-26)22-20-19-15(3)16(4)28-21(19)24-18(23-20)13-25-9-11-27-12-10-25/h14,17H,5-13H2,1-4H3,(H,22,23,24). The van der Waals surface area contributed by atoms with E-state index in [2.05, 4.69) is 42.8 Å². The first kappa shape index (κ1) is 20.0. The van der Waals surface area contributed by atoms with Gasteiger partial charge in [0.2, 0.25) is 0 Å². The Hall–Kier alpha value is -1.28. The second-order valence-corrected chi connectivity index (χ2v) is 9.59. The zero-order chi connectivity index (χ0) is 19.7. The van der Waals surface area contributed by atoms with E-state index in [0.29, 0.717) is 12.1 Å². The minimum atomic E-state index is 0.490. The fourth-order valence-electron chi connectivity index (χ4n) is 4.18. The van der Waals surface area contributed by atoms with Crippen LogP contribution in [0.2, 0.25) is 0 Å². The maximum atomic E-state index is 5.48. The van der Waals surface area contributed by atoms with Gasteiger partial charge in [-0.1, -0.05) is 0 Å². The summed E-state index contributed by atoms with van der Waals surface area (Å²) in [6, 6.07) is 1.12. The Bertz CT molecular complexity index is 807. The number of ether oxygens (including phenoxy) is 1. The number of morpholine rings is 1. The van der Waals surface area contributed by atoms with Crippen LogP contribution in [0, 0.1) is 13.8 Å². The summed E-state index contributed by atoms with van der Waals surface area (Å²) in [5.74, 6) is 1.97. The summed E-state index contributed by atoms with van der Waals surface area (Å²) in [4.78, 5) is 17.3. The molecule has 6 nitrogen and oxygen atoms in total. The second-order valence-electron chi connectivity index (χ2n) is 8.39. The lowest BCUT2D eigenvalue weighted by molar-refractivity contribution is 0.0331. The lowest BCUT2D eigenvalue weighted by Gasteiger charge is -2.35. The zero-order valence-electron chi connectivity index (χ0n) is 17.6. The number of rotatable bonds is 5. The number of fused-ring (bicyclic) bond motifs is 1. The van der Waals surface area contributed by atoms with Crippen molar-refractivity contribution in [1.82, 2.24) is 19.8 Å². The van der Waals surface area contributed by atoms with Crippen LogP contribution in [0.5, 0.6) is 0 Å². The average Bonchev–Trinajstić information content (AvgIpc) is 2.97. The van der Waals surface area contributed by atoms with Gasteiger partial charge in [0, 0.05) is 43.1 Å².